The molecule has 0 bridgehead atoms. The number of rotatable bonds is 4. The van der Waals surface area contributed by atoms with Crippen LogP contribution in [-0.4, -0.2) is 29.1 Å². The number of amides is 1. The van der Waals surface area contributed by atoms with E-state index in [2.05, 4.69) is 47.4 Å². The highest BCUT2D eigenvalue weighted by Gasteiger charge is 2.20. The summed E-state index contributed by atoms with van der Waals surface area (Å²) < 4.78 is 0. The van der Waals surface area contributed by atoms with Gasteiger partial charge in [0.2, 0.25) is 0 Å². The summed E-state index contributed by atoms with van der Waals surface area (Å²) in [4.78, 5) is 14.0. The van der Waals surface area contributed by atoms with Crippen molar-refractivity contribution in [2.75, 3.05) is 13.1 Å². The van der Waals surface area contributed by atoms with Crippen LogP contribution in [0.25, 0.3) is 10.8 Å². The fourth-order valence-electron chi connectivity index (χ4n) is 4.32. The molecule has 3 aromatic rings. The lowest BCUT2D eigenvalue weighted by atomic mass is 9.88. The second-order valence-corrected chi connectivity index (χ2v) is 7.61. The Labute approximate surface area is 165 Å². The lowest BCUT2D eigenvalue weighted by Gasteiger charge is -2.21. The Morgan fingerprint density at radius 2 is 1.75 bits per heavy atom. The van der Waals surface area contributed by atoms with Crippen LogP contribution < -0.4 is 5.48 Å². The van der Waals surface area contributed by atoms with E-state index in [0.717, 1.165) is 19.6 Å². The fourth-order valence-corrected chi connectivity index (χ4v) is 4.32. The van der Waals surface area contributed by atoms with E-state index in [1.54, 1.807) is 17.6 Å². The number of fused-ring (bicyclic) bond motifs is 1. The number of hydrogen-bond acceptors (Lipinski definition) is 3. The van der Waals surface area contributed by atoms with Crippen molar-refractivity contribution in [3.8, 4) is 0 Å². The van der Waals surface area contributed by atoms with Crippen molar-refractivity contribution in [1.29, 1.82) is 0 Å². The van der Waals surface area contributed by atoms with Crippen LogP contribution in [0.5, 0.6) is 0 Å². The molecule has 1 unspecified atom stereocenters. The van der Waals surface area contributed by atoms with Crippen LogP contribution in [0, 0.1) is 0 Å². The van der Waals surface area contributed by atoms with Gasteiger partial charge in [0.15, 0.2) is 0 Å². The standard InChI is InChI=1S/C24H26N2O2/c27-24(25-28)21-12-10-18(11-13-21)17-26-15-4-7-20(14-16-26)23-9-3-6-19-5-1-2-8-22(19)23/h1-3,5-6,8-13,20,28H,4,7,14-17H2,(H,25,27). The van der Waals surface area contributed by atoms with Gasteiger partial charge < -0.3 is 0 Å². The quantitative estimate of drug-likeness (QED) is 0.513. The molecule has 1 fully saturated rings. The average Bonchev–Trinajstić information content (AvgIpc) is 2.99. The number of likely N-dealkylation sites (tertiary alicyclic amines) is 1. The van der Waals surface area contributed by atoms with E-state index < -0.39 is 5.91 Å². The Kier molecular flexibility index (Phi) is 5.70. The average molecular weight is 374 g/mol. The lowest BCUT2D eigenvalue weighted by Crippen LogP contribution is -2.24. The van der Waals surface area contributed by atoms with Crippen molar-refractivity contribution >= 4 is 16.7 Å². The number of hydrogen-bond donors (Lipinski definition) is 2. The number of benzene rings is 3. The number of hydroxylamine groups is 1. The predicted octanol–water partition coefficient (Wildman–Crippen LogP) is 4.73. The summed E-state index contributed by atoms with van der Waals surface area (Å²) in [6, 6.07) is 22.8. The summed E-state index contributed by atoms with van der Waals surface area (Å²) in [7, 11) is 0. The third-order valence-corrected chi connectivity index (χ3v) is 5.81. The van der Waals surface area contributed by atoms with E-state index in [1.165, 1.54) is 41.2 Å². The van der Waals surface area contributed by atoms with Crippen molar-refractivity contribution in [2.24, 2.45) is 0 Å². The maximum absolute atomic E-state index is 11.5. The maximum Gasteiger partial charge on any atom is 0.274 e. The van der Waals surface area contributed by atoms with Gasteiger partial charge in [0.1, 0.15) is 0 Å². The van der Waals surface area contributed by atoms with Gasteiger partial charge in [-0.15, -0.1) is 0 Å². The third kappa shape index (κ3) is 4.08. The fraction of sp³-hybridized carbons (Fsp3) is 0.292. The van der Waals surface area contributed by atoms with Crippen molar-refractivity contribution in [1.82, 2.24) is 10.4 Å². The maximum atomic E-state index is 11.5. The molecule has 1 saturated heterocycles. The first-order valence-electron chi connectivity index (χ1n) is 9.98. The van der Waals surface area contributed by atoms with Gasteiger partial charge in [-0.05, 0) is 72.3 Å². The molecular formula is C24H26N2O2. The summed E-state index contributed by atoms with van der Waals surface area (Å²) in [5, 5.41) is 11.4. The number of nitrogens with one attached hydrogen (secondary N) is 1. The second kappa shape index (κ2) is 8.55. The first kappa shape index (κ1) is 18.7. The van der Waals surface area contributed by atoms with Gasteiger partial charge in [-0.2, -0.15) is 0 Å². The van der Waals surface area contributed by atoms with E-state index in [1.807, 2.05) is 12.1 Å². The van der Waals surface area contributed by atoms with Gasteiger partial charge in [0.05, 0.1) is 0 Å². The Morgan fingerprint density at radius 3 is 2.57 bits per heavy atom. The molecule has 1 heterocycles. The van der Waals surface area contributed by atoms with Crippen LogP contribution in [0.1, 0.15) is 46.7 Å². The van der Waals surface area contributed by atoms with Crippen molar-refractivity contribution in [2.45, 2.75) is 31.7 Å². The minimum atomic E-state index is -0.473. The van der Waals surface area contributed by atoms with Gasteiger partial charge in [0, 0.05) is 12.1 Å². The van der Waals surface area contributed by atoms with Crippen molar-refractivity contribution < 1.29 is 10.0 Å². The summed E-state index contributed by atoms with van der Waals surface area (Å²) in [6.45, 7) is 3.07. The second-order valence-electron chi connectivity index (χ2n) is 7.61. The molecule has 4 rings (SSSR count). The summed E-state index contributed by atoms with van der Waals surface area (Å²) >= 11 is 0. The molecule has 3 aromatic carbocycles. The lowest BCUT2D eigenvalue weighted by molar-refractivity contribution is 0.0706. The van der Waals surface area contributed by atoms with E-state index in [4.69, 9.17) is 5.21 Å². The molecular weight excluding hydrogens is 348 g/mol. The van der Waals surface area contributed by atoms with Crippen LogP contribution in [0.15, 0.2) is 66.7 Å². The van der Waals surface area contributed by atoms with Crippen LogP contribution in [-0.2, 0) is 6.54 Å². The predicted molar refractivity (Wildman–Crippen MR) is 112 cm³/mol. The highest BCUT2D eigenvalue weighted by atomic mass is 16.5. The van der Waals surface area contributed by atoms with Gasteiger partial charge >= 0.3 is 0 Å². The molecule has 28 heavy (non-hydrogen) atoms. The zero-order valence-electron chi connectivity index (χ0n) is 16.0. The van der Waals surface area contributed by atoms with E-state index in [9.17, 15) is 4.79 Å². The molecule has 0 radical (unpaired) electrons. The molecule has 0 aromatic heterocycles. The molecule has 0 aliphatic carbocycles. The van der Waals surface area contributed by atoms with Crippen molar-refractivity contribution in [3.05, 3.63) is 83.4 Å². The summed E-state index contributed by atoms with van der Waals surface area (Å²) in [5.74, 6) is 0.131. The SMILES string of the molecule is O=C(NO)c1ccc(CN2CCCC(c3cccc4ccccc34)CC2)cc1. The highest BCUT2D eigenvalue weighted by molar-refractivity contribution is 5.93. The summed E-state index contributed by atoms with van der Waals surface area (Å²) in [6.07, 6.45) is 3.58. The van der Waals surface area contributed by atoms with E-state index >= 15 is 0 Å². The van der Waals surface area contributed by atoms with Crippen molar-refractivity contribution in [3.63, 3.8) is 0 Å². The van der Waals surface area contributed by atoms with Gasteiger partial charge in [-0.25, -0.2) is 5.48 Å². The minimum absolute atomic E-state index is 0.470. The number of carbonyl (C=O) groups is 1. The Hall–Kier alpha value is -2.69. The van der Waals surface area contributed by atoms with E-state index in [0.29, 0.717) is 11.5 Å². The molecule has 0 spiro atoms. The Morgan fingerprint density at radius 1 is 0.964 bits per heavy atom. The Balaban J connectivity index is 1.43. The first-order valence-corrected chi connectivity index (χ1v) is 9.98. The normalized spacial score (nSPS) is 18.0. The number of nitrogens with zero attached hydrogens (tertiary/aromatic N) is 1. The van der Waals surface area contributed by atoms with Gasteiger partial charge in [-0.1, -0.05) is 54.6 Å². The minimum Gasteiger partial charge on any atom is -0.299 e. The van der Waals surface area contributed by atoms with Crippen LogP contribution >= 0.6 is 0 Å². The molecule has 1 amide bonds. The monoisotopic (exact) mass is 374 g/mol. The zero-order chi connectivity index (χ0) is 19.3. The smallest absolute Gasteiger partial charge is 0.274 e. The van der Waals surface area contributed by atoms with E-state index in [-0.39, 0.29) is 0 Å². The molecule has 1 aliphatic heterocycles. The van der Waals surface area contributed by atoms with Crippen LogP contribution in [0.2, 0.25) is 0 Å². The molecule has 2 N–H and O–H groups in total. The molecule has 1 aliphatic rings. The molecule has 144 valence electrons. The van der Waals surface area contributed by atoms with Gasteiger partial charge in [-0.3, -0.25) is 14.9 Å². The van der Waals surface area contributed by atoms with Crippen LogP contribution in [0.3, 0.4) is 0 Å². The molecule has 4 heteroatoms. The topological polar surface area (TPSA) is 52.6 Å². The largest absolute Gasteiger partial charge is 0.299 e. The third-order valence-electron chi connectivity index (χ3n) is 5.81. The number of carbonyl (C=O) groups excluding carboxylic acids is 1. The summed E-state index contributed by atoms with van der Waals surface area (Å²) in [5.41, 5.74) is 4.82. The molecule has 1 atom stereocenters. The molecule has 4 nitrogen and oxygen atoms in total. The zero-order valence-corrected chi connectivity index (χ0v) is 16.0. The first-order chi connectivity index (χ1) is 13.7. The molecule has 0 saturated carbocycles. The highest BCUT2D eigenvalue weighted by Crippen LogP contribution is 2.33. The Bertz CT molecular complexity index is 947. The van der Waals surface area contributed by atoms with Gasteiger partial charge in [0.25, 0.3) is 5.91 Å². The van der Waals surface area contributed by atoms with Crippen LogP contribution in [0.4, 0.5) is 0 Å².